The summed E-state index contributed by atoms with van der Waals surface area (Å²) in [6.07, 6.45) is 6.90. The number of amides is 3. The lowest BCUT2D eigenvalue weighted by molar-refractivity contribution is 0.0963. The van der Waals surface area contributed by atoms with Crippen molar-refractivity contribution >= 4 is 11.9 Å². The number of hydrogen-bond donors (Lipinski definition) is 2. The highest BCUT2D eigenvalue weighted by Crippen LogP contribution is 2.42. The molecule has 3 unspecified atom stereocenters. The number of allylic oxidation sites excluding steroid dienone is 2. The van der Waals surface area contributed by atoms with Gasteiger partial charge < -0.3 is 5.32 Å². The van der Waals surface area contributed by atoms with E-state index in [1.54, 1.807) is 24.3 Å². The Balaban J connectivity index is 1.46. The van der Waals surface area contributed by atoms with Crippen LogP contribution in [0.4, 0.5) is 4.79 Å². The van der Waals surface area contributed by atoms with Gasteiger partial charge in [-0.2, -0.15) is 0 Å². The molecule has 2 bridgehead atoms. The summed E-state index contributed by atoms with van der Waals surface area (Å²) in [7, 11) is 0. The molecule has 0 spiro atoms. The van der Waals surface area contributed by atoms with Gasteiger partial charge in [-0.25, -0.2) is 4.79 Å². The van der Waals surface area contributed by atoms with Gasteiger partial charge in [0.1, 0.15) is 0 Å². The Bertz CT molecular complexity index is 539. The van der Waals surface area contributed by atoms with Crippen molar-refractivity contribution in [2.75, 3.05) is 6.54 Å². The first-order chi connectivity index (χ1) is 9.72. The molecular weight excluding hydrogens is 252 g/mol. The molecule has 1 aromatic rings. The van der Waals surface area contributed by atoms with E-state index in [1.807, 2.05) is 6.07 Å². The summed E-state index contributed by atoms with van der Waals surface area (Å²) in [4.78, 5) is 23.5. The van der Waals surface area contributed by atoms with E-state index in [1.165, 1.54) is 6.42 Å². The van der Waals surface area contributed by atoms with Gasteiger partial charge in [-0.05, 0) is 42.7 Å². The summed E-state index contributed by atoms with van der Waals surface area (Å²) in [6.45, 7) is 0.638. The molecule has 1 saturated carbocycles. The topological polar surface area (TPSA) is 58.2 Å². The highest BCUT2D eigenvalue weighted by Gasteiger charge is 2.35. The molecule has 0 aliphatic heterocycles. The van der Waals surface area contributed by atoms with E-state index < -0.39 is 6.03 Å². The highest BCUT2D eigenvalue weighted by atomic mass is 16.2. The first-order valence-corrected chi connectivity index (χ1v) is 7.05. The standard InChI is InChI=1S/C16H18N2O2/c19-15(12-4-2-1-3-5-12)18-16(20)17-10-14-9-11-6-7-13(14)8-11/h1-7,11,13-14H,8-10H2,(H2,17,18,19,20). The fraction of sp³-hybridized carbons (Fsp3) is 0.375. The molecular formula is C16H18N2O2. The summed E-state index contributed by atoms with van der Waals surface area (Å²) < 4.78 is 0. The SMILES string of the molecule is O=C(NCC1CC2C=CC1C2)NC(=O)c1ccccc1. The summed E-state index contributed by atoms with van der Waals surface area (Å²) in [5.74, 6) is 1.45. The zero-order valence-corrected chi connectivity index (χ0v) is 11.2. The lowest BCUT2D eigenvalue weighted by atomic mass is 9.94. The van der Waals surface area contributed by atoms with Gasteiger partial charge in [0.25, 0.3) is 5.91 Å². The molecule has 2 aliphatic rings. The molecule has 1 aromatic carbocycles. The summed E-state index contributed by atoms with van der Waals surface area (Å²) in [5.41, 5.74) is 0.491. The van der Waals surface area contributed by atoms with E-state index in [2.05, 4.69) is 22.8 Å². The monoisotopic (exact) mass is 270 g/mol. The molecule has 2 aliphatic carbocycles. The van der Waals surface area contributed by atoms with Gasteiger partial charge in [-0.3, -0.25) is 10.1 Å². The Morgan fingerprint density at radius 1 is 1.10 bits per heavy atom. The van der Waals surface area contributed by atoms with Crippen molar-refractivity contribution in [2.45, 2.75) is 12.8 Å². The van der Waals surface area contributed by atoms with Crippen LogP contribution < -0.4 is 10.6 Å². The first kappa shape index (κ1) is 12.9. The van der Waals surface area contributed by atoms with Crippen LogP contribution in [0.25, 0.3) is 0 Å². The van der Waals surface area contributed by atoms with Gasteiger partial charge in [0.2, 0.25) is 0 Å². The van der Waals surface area contributed by atoms with Crippen molar-refractivity contribution in [1.29, 1.82) is 0 Å². The van der Waals surface area contributed by atoms with E-state index >= 15 is 0 Å². The quantitative estimate of drug-likeness (QED) is 0.828. The lowest BCUT2D eigenvalue weighted by Crippen LogP contribution is -2.41. The fourth-order valence-corrected chi connectivity index (χ4v) is 3.16. The molecule has 4 heteroatoms. The average Bonchev–Trinajstić information content (AvgIpc) is 3.08. The molecule has 2 N–H and O–H groups in total. The Kier molecular flexibility index (Phi) is 3.54. The molecule has 4 nitrogen and oxygen atoms in total. The number of carbonyl (C=O) groups excluding carboxylic acids is 2. The van der Waals surface area contributed by atoms with Gasteiger partial charge in [0.05, 0.1) is 0 Å². The Morgan fingerprint density at radius 2 is 1.90 bits per heavy atom. The van der Waals surface area contributed by atoms with Crippen LogP contribution in [-0.4, -0.2) is 18.5 Å². The first-order valence-electron chi connectivity index (χ1n) is 7.05. The maximum atomic E-state index is 11.8. The van der Waals surface area contributed by atoms with Crippen LogP contribution in [0.3, 0.4) is 0 Å². The number of carbonyl (C=O) groups is 2. The fourth-order valence-electron chi connectivity index (χ4n) is 3.16. The number of urea groups is 1. The smallest absolute Gasteiger partial charge is 0.321 e. The number of benzene rings is 1. The second kappa shape index (κ2) is 5.49. The van der Waals surface area contributed by atoms with E-state index in [4.69, 9.17) is 0 Å². The van der Waals surface area contributed by atoms with Crippen LogP contribution in [-0.2, 0) is 0 Å². The molecule has 0 saturated heterocycles. The second-order valence-corrected chi connectivity index (χ2v) is 5.57. The minimum atomic E-state index is -0.411. The highest BCUT2D eigenvalue weighted by molar-refractivity contribution is 6.04. The Labute approximate surface area is 118 Å². The summed E-state index contributed by atoms with van der Waals surface area (Å²) in [5, 5.41) is 5.16. The number of nitrogens with one attached hydrogen (secondary N) is 2. The normalized spacial score (nSPS) is 26.5. The largest absolute Gasteiger partial charge is 0.337 e. The van der Waals surface area contributed by atoms with Gasteiger partial charge in [-0.1, -0.05) is 30.4 Å². The maximum absolute atomic E-state index is 11.8. The van der Waals surface area contributed by atoms with Crippen LogP contribution in [0.1, 0.15) is 23.2 Å². The molecule has 0 aromatic heterocycles. The van der Waals surface area contributed by atoms with Gasteiger partial charge in [0.15, 0.2) is 0 Å². The van der Waals surface area contributed by atoms with Gasteiger partial charge >= 0.3 is 6.03 Å². The van der Waals surface area contributed by atoms with Crippen molar-refractivity contribution in [2.24, 2.45) is 17.8 Å². The minimum absolute atomic E-state index is 0.365. The van der Waals surface area contributed by atoms with E-state index in [0.29, 0.717) is 29.9 Å². The van der Waals surface area contributed by atoms with Crippen LogP contribution in [0, 0.1) is 17.8 Å². The zero-order valence-electron chi connectivity index (χ0n) is 11.2. The van der Waals surface area contributed by atoms with E-state index in [0.717, 1.165) is 6.42 Å². The lowest BCUT2D eigenvalue weighted by Gasteiger charge is -2.18. The molecule has 3 amide bonds. The maximum Gasteiger partial charge on any atom is 0.321 e. The number of fused-ring (bicyclic) bond motifs is 2. The van der Waals surface area contributed by atoms with Gasteiger partial charge in [-0.15, -0.1) is 0 Å². The van der Waals surface area contributed by atoms with E-state index in [9.17, 15) is 9.59 Å². The molecule has 1 fully saturated rings. The average molecular weight is 270 g/mol. The third-order valence-corrected chi connectivity index (χ3v) is 4.20. The molecule has 20 heavy (non-hydrogen) atoms. The van der Waals surface area contributed by atoms with Crippen LogP contribution >= 0.6 is 0 Å². The predicted octanol–water partition coefficient (Wildman–Crippen LogP) is 2.34. The molecule has 3 atom stereocenters. The van der Waals surface area contributed by atoms with Crippen LogP contribution in [0.5, 0.6) is 0 Å². The summed E-state index contributed by atoms with van der Waals surface area (Å²) >= 11 is 0. The number of imide groups is 1. The van der Waals surface area contributed by atoms with Crippen molar-refractivity contribution in [3.8, 4) is 0 Å². The van der Waals surface area contributed by atoms with Crippen molar-refractivity contribution in [3.05, 3.63) is 48.0 Å². The number of hydrogen-bond acceptors (Lipinski definition) is 2. The van der Waals surface area contributed by atoms with Crippen molar-refractivity contribution in [3.63, 3.8) is 0 Å². The summed E-state index contributed by atoms with van der Waals surface area (Å²) in [6, 6.07) is 8.33. The zero-order chi connectivity index (χ0) is 13.9. The van der Waals surface area contributed by atoms with Gasteiger partial charge in [0, 0.05) is 12.1 Å². The molecule has 3 rings (SSSR count). The third kappa shape index (κ3) is 2.74. The minimum Gasteiger partial charge on any atom is -0.337 e. The van der Waals surface area contributed by atoms with Crippen molar-refractivity contribution in [1.82, 2.24) is 10.6 Å². The van der Waals surface area contributed by atoms with Crippen LogP contribution in [0.2, 0.25) is 0 Å². The van der Waals surface area contributed by atoms with E-state index in [-0.39, 0.29) is 5.91 Å². The molecule has 0 heterocycles. The number of rotatable bonds is 3. The molecule has 104 valence electrons. The Morgan fingerprint density at radius 3 is 2.55 bits per heavy atom. The van der Waals surface area contributed by atoms with Crippen LogP contribution in [0.15, 0.2) is 42.5 Å². The molecule has 0 radical (unpaired) electrons. The third-order valence-electron chi connectivity index (χ3n) is 4.20. The Hall–Kier alpha value is -2.10. The predicted molar refractivity (Wildman–Crippen MR) is 76.2 cm³/mol. The second-order valence-electron chi connectivity index (χ2n) is 5.57. The van der Waals surface area contributed by atoms with Crippen molar-refractivity contribution < 1.29 is 9.59 Å².